The largest absolute Gasteiger partial charge is 0.351 e. The van der Waals surface area contributed by atoms with Gasteiger partial charge in [0.05, 0.1) is 6.26 Å². The zero-order chi connectivity index (χ0) is 18.3. The summed E-state index contributed by atoms with van der Waals surface area (Å²) in [6, 6.07) is 14.0. The lowest BCUT2D eigenvalue weighted by molar-refractivity contribution is 0.0956. The predicted octanol–water partition coefficient (Wildman–Crippen LogP) is 3.37. The Kier molecular flexibility index (Phi) is 7.16. The molecule has 0 radical (unpaired) electrons. The number of thioether (sulfide) groups is 1. The SMILES string of the molecule is CS(=O)(=O)Nc1ccc(C(=O)NCCSCc2ccccc2Cl)cc1. The van der Waals surface area contributed by atoms with Gasteiger partial charge in [0.25, 0.3) is 5.91 Å². The Morgan fingerprint density at radius 2 is 1.80 bits per heavy atom. The second-order valence-electron chi connectivity index (χ2n) is 5.35. The van der Waals surface area contributed by atoms with Crippen molar-refractivity contribution >= 4 is 45.0 Å². The minimum absolute atomic E-state index is 0.191. The average molecular weight is 399 g/mol. The number of nitrogens with one attached hydrogen (secondary N) is 2. The van der Waals surface area contributed by atoms with Crippen LogP contribution >= 0.6 is 23.4 Å². The highest BCUT2D eigenvalue weighted by atomic mass is 35.5. The summed E-state index contributed by atoms with van der Waals surface area (Å²) in [5, 5.41) is 3.59. The first kappa shape index (κ1) is 19.6. The molecule has 134 valence electrons. The summed E-state index contributed by atoms with van der Waals surface area (Å²) in [6.45, 7) is 0.539. The molecule has 0 aliphatic carbocycles. The van der Waals surface area contributed by atoms with E-state index >= 15 is 0 Å². The van der Waals surface area contributed by atoms with E-state index in [2.05, 4.69) is 10.0 Å². The topological polar surface area (TPSA) is 75.3 Å². The molecule has 0 atom stereocenters. The van der Waals surface area contributed by atoms with Crippen LogP contribution in [0, 0.1) is 0 Å². The fourth-order valence-electron chi connectivity index (χ4n) is 2.04. The van der Waals surface area contributed by atoms with Gasteiger partial charge in [-0.1, -0.05) is 29.8 Å². The highest BCUT2D eigenvalue weighted by molar-refractivity contribution is 7.98. The van der Waals surface area contributed by atoms with Crippen LogP contribution in [0.15, 0.2) is 48.5 Å². The molecule has 1 amide bonds. The molecular weight excluding hydrogens is 380 g/mol. The van der Waals surface area contributed by atoms with Crippen molar-refractivity contribution < 1.29 is 13.2 Å². The number of carbonyl (C=O) groups excluding carboxylic acids is 1. The van der Waals surface area contributed by atoms with E-state index in [1.165, 1.54) is 0 Å². The van der Waals surface area contributed by atoms with Crippen molar-refractivity contribution in [2.75, 3.05) is 23.3 Å². The zero-order valence-corrected chi connectivity index (χ0v) is 16.0. The molecule has 2 N–H and O–H groups in total. The molecule has 5 nitrogen and oxygen atoms in total. The molecule has 25 heavy (non-hydrogen) atoms. The lowest BCUT2D eigenvalue weighted by Crippen LogP contribution is -2.25. The maximum absolute atomic E-state index is 12.0. The van der Waals surface area contributed by atoms with Crippen LogP contribution in [-0.2, 0) is 15.8 Å². The second kappa shape index (κ2) is 9.12. The Bertz CT molecular complexity index is 824. The quantitative estimate of drug-likeness (QED) is 0.668. The number of carbonyl (C=O) groups is 1. The Balaban J connectivity index is 1.74. The normalized spacial score (nSPS) is 11.1. The summed E-state index contributed by atoms with van der Waals surface area (Å²) in [7, 11) is -3.32. The smallest absolute Gasteiger partial charge is 0.251 e. The van der Waals surface area contributed by atoms with Crippen LogP contribution in [0.3, 0.4) is 0 Å². The van der Waals surface area contributed by atoms with Crippen molar-refractivity contribution in [3.63, 3.8) is 0 Å². The predicted molar refractivity (Wildman–Crippen MR) is 105 cm³/mol. The van der Waals surface area contributed by atoms with Crippen molar-refractivity contribution in [3.8, 4) is 0 Å². The molecule has 0 heterocycles. The van der Waals surface area contributed by atoms with Gasteiger partial charge in [0.15, 0.2) is 0 Å². The van der Waals surface area contributed by atoms with Gasteiger partial charge in [0, 0.05) is 34.3 Å². The third-order valence-electron chi connectivity index (χ3n) is 3.20. The molecule has 0 bridgehead atoms. The van der Waals surface area contributed by atoms with Crippen LogP contribution in [0.25, 0.3) is 0 Å². The number of amides is 1. The summed E-state index contributed by atoms with van der Waals surface area (Å²) < 4.78 is 24.6. The average Bonchev–Trinajstić information content (AvgIpc) is 2.55. The molecule has 2 rings (SSSR count). The summed E-state index contributed by atoms with van der Waals surface area (Å²) in [5.74, 6) is 1.37. The Hall–Kier alpha value is -1.70. The van der Waals surface area contributed by atoms with Gasteiger partial charge in [-0.25, -0.2) is 8.42 Å². The maximum atomic E-state index is 12.0. The van der Waals surface area contributed by atoms with E-state index in [9.17, 15) is 13.2 Å². The lowest BCUT2D eigenvalue weighted by Gasteiger charge is -2.07. The summed E-state index contributed by atoms with van der Waals surface area (Å²) in [4.78, 5) is 12.0. The van der Waals surface area contributed by atoms with E-state index in [4.69, 9.17) is 11.6 Å². The standard InChI is InChI=1S/C17H19ClN2O3S2/c1-25(22,23)20-15-8-6-13(7-9-15)17(21)19-10-11-24-12-14-4-2-3-5-16(14)18/h2-9,20H,10-12H2,1H3,(H,19,21). The van der Waals surface area contributed by atoms with Crippen LogP contribution in [0.1, 0.15) is 15.9 Å². The number of benzene rings is 2. The van der Waals surface area contributed by atoms with Crippen molar-refractivity contribution in [3.05, 3.63) is 64.7 Å². The fourth-order valence-corrected chi connectivity index (χ4v) is 3.75. The zero-order valence-electron chi connectivity index (χ0n) is 13.7. The molecular formula is C17H19ClN2O3S2. The molecule has 0 spiro atoms. The van der Waals surface area contributed by atoms with E-state index in [1.807, 2.05) is 24.3 Å². The van der Waals surface area contributed by atoms with Gasteiger partial charge in [-0.2, -0.15) is 11.8 Å². The van der Waals surface area contributed by atoms with Crippen LogP contribution in [0.5, 0.6) is 0 Å². The van der Waals surface area contributed by atoms with Gasteiger partial charge in [-0.05, 0) is 35.9 Å². The number of hydrogen-bond acceptors (Lipinski definition) is 4. The molecule has 8 heteroatoms. The van der Waals surface area contributed by atoms with E-state index in [-0.39, 0.29) is 5.91 Å². The number of rotatable bonds is 8. The van der Waals surface area contributed by atoms with Crippen LogP contribution in [0.4, 0.5) is 5.69 Å². The molecule has 0 fully saturated rings. The molecule has 0 saturated heterocycles. The van der Waals surface area contributed by atoms with E-state index in [1.54, 1.807) is 36.0 Å². The van der Waals surface area contributed by atoms with Gasteiger partial charge < -0.3 is 5.32 Å². The summed E-state index contributed by atoms with van der Waals surface area (Å²) >= 11 is 7.79. The van der Waals surface area contributed by atoms with Gasteiger partial charge in [0.1, 0.15) is 0 Å². The van der Waals surface area contributed by atoms with Gasteiger partial charge in [0.2, 0.25) is 10.0 Å². The first-order valence-corrected chi connectivity index (χ1v) is 10.9. The van der Waals surface area contributed by atoms with Gasteiger partial charge >= 0.3 is 0 Å². The highest BCUT2D eigenvalue weighted by Crippen LogP contribution is 2.20. The minimum atomic E-state index is -3.32. The number of anilines is 1. The highest BCUT2D eigenvalue weighted by Gasteiger charge is 2.07. The van der Waals surface area contributed by atoms with Crippen LogP contribution < -0.4 is 10.0 Å². The third-order valence-corrected chi connectivity index (χ3v) is 5.18. The van der Waals surface area contributed by atoms with Crippen LogP contribution in [-0.4, -0.2) is 32.9 Å². The molecule has 0 saturated carbocycles. The van der Waals surface area contributed by atoms with Crippen LogP contribution in [0.2, 0.25) is 5.02 Å². The van der Waals surface area contributed by atoms with Crippen molar-refractivity contribution in [1.29, 1.82) is 0 Å². The Labute approximate surface area is 157 Å². The van der Waals surface area contributed by atoms with E-state index < -0.39 is 10.0 Å². The van der Waals surface area contributed by atoms with E-state index in [0.29, 0.717) is 17.8 Å². The van der Waals surface area contributed by atoms with Gasteiger partial charge in [-0.15, -0.1) is 0 Å². The van der Waals surface area contributed by atoms with Gasteiger partial charge in [-0.3, -0.25) is 9.52 Å². The molecule has 0 aliphatic heterocycles. The molecule has 0 aromatic heterocycles. The Morgan fingerprint density at radius 1 is 1.12 bits per heavy atom. The number of halogens is 1. The number of sulfonamides is 1. The lowest BCUT2D eigenvalue weighted by atomic mass is 10.2. The van der Waals surface area contributed by atoms with Crippen molar-refractivity contribution in [2.45, 2.75) is 5.75 Å². The summed E-state index contributed by atoms with van der Waals surface area (Å²) in [6.07, 6.45) is 1.08. The fraction of sp³-hybridized carbons (Fsp3) is 0.235. The molecule has 2 aromatic rings. The molecule has 0 unspecified atom stereocenters. The summed E-state index contributed by atoms with van der Waals surface area (Å²) in [5.41, 5.74) is 1.99. The number of hydrogen-bond donors (Lipinski definition) is 2. The first-order valence-electron chi connectivity index (χ1n) is 7.52. The Morgan fingerprint density at radius 3 is 2.44 bits per heavy atom. The maximum Gasteiger partial charge on any atom is 0.251 e. The minimum Gasteiger partial charge on any atom is -0.351 e. The van der Waals surface area contributed by atoms with Crippen molar-refractivity contribution in [2.24, 2.45) is 0 Å². The monoisotopic (exact) mass is 398 g/mol. The molecule has 0 aliphatic rings. The second-order valence-corrected chi connectivity index (χ2v) is 8.61. The first-order chi connectivity index (χ1) is 11.8. The third kappa shape index (κ3) is 6.97. The molecule has 2 aromatic carbocycles. The van der Waals surface area contributed by atoms with E-state index in [0.717, 1.165) is 28.3 Å². The van der Waals surface area contributed by atoms with Crippen molar-refractivity contribution in [1.82, 2.24) is 5.32 Å².